The van der Waals surface area contributed by atoms with Crippen molar-refractivity contribution in [3.05, 3.63) is 0 Å². The molecular formula is C15H24FN3O3. The van der Waals surface area contributed by atoms with Crippen LogP contribution in [0.15, 0.2) is 4.99 Å². The number of halogens is 1. The van der Waals surface area contributed by atoms with Crippen LogP contribution in [0, 0.1) is 11.8 Å². The lowest BCUT2D eigenvalue weighted by Crippen LogP contribution is -2.50. The smallest absolute Gasteiger partial charge is 0.351 e. The topological polar surface area (TPSA) is 71.0 Å². The normalized spacial score (nSPS) is 33.0. The monoisotopic (exact) mass is 313 g/mol. The van der Waals surface area contributed by atoms with Crippen molar-refractivity contribution >= 4 is 18.1 Å². The maximum Gasteiger partial charge on any atom is 0.426 e. The summed E-state index contributed by atoms with van der Waals surface area (Å²) in [6, 6.07) is -0.361. The minimum atomic E-state index is -1.44. The van der Waals surface area contributed by atoms with E-state index in [0.29, 0.717) is 6.42 Å². The molecule has 0 aromatic heterocycles. The fourth-order valence-corrected chi connectivity index (χ4v) is 2.97. The van der Waals surface area contributed by atoms with Gasteiger partial charge in [-0.2, -0.15) is 0 Å². The maximum atomic E-state index is 14.2. The Bertz CT molecular complexity index is 475. The number of fused-ring (bicyclic) bond motifs is 1. The van der Waals surface area contributed by atoms with Gasteiger partial charge < -0.3 is 10.2 Å². The van der Waals surface area contributed by atoms with Crippen LogP contribution in [0.5, 0.6) is 0 Å². The van der Waals surface area contributed by atoms with Gasteiger partial charge in [-0.3, -0.25) is 9.79 Å². The summed E-state index contributed by atoms with van der Waals surface area (Å²) in [7, 11) is 0. The van der Waals surface area contributed by atoms with E-state index in [2.05, 4.69) is 10.3 Å². The summed E-state index contributed by atoms with van der Waals surface area (Å²) in [6.07, 6.45) is 0.181. The van der Waals surface area contributed by atoms with Gasteiger partial charge >= 0.3 is 6.09 Å². The molecule has 0 aromatic carbocycles. The van der Waals surface area contributed by atoms with Crippen LogP contribution in [0.25, 0.3) is 0 Å². The first-order chi connectivity index (χ1) is 10.2. The Labute approximate surface area is 130 Å². The summed E-state index contributed by atoms with van der Waals surface area (Å²) in [4.78, 5) is 33.2. The average Bonchev–Trinajstić information content (AvgIpc) is 2.50. The number of alkyl halides is 1. The zero-order chi connectivity index (χ0) is 16.5. The third-order valence-corrected chi connectivity index (χ3v) is 4.07. The molecule has 7 heteroatoms. The van der Waals surface area contributed by atoms with E-state index in [9.17, 15) is 14.0 Å². The van der Waals surface area contributed by atoms with Gasteiger partial charge in [-0.05, 0) is 20.8 Å². The van der Waals surface area contributed by atoms with Crippen molar-refractivity contribution in [3.8, 4) is 0 Å². The number of carbonyl (C=O) groups is 2. The molecule has 2 heterocycles. The summed E-state index contributed by atoms with van der Waals surface area (Å²) in [5.74, 6) is -1.03. The Morgan fingerprint density at radius 1 is 1.50 bits per heavy atom. The molecular weight excluding hydrogens is 289 g/mol. The minimum Gasteiger partial charge on any atom is -0.351 e. The molecule has 0 saturated carbocycles. The quantitative estimate of drug-likeness (QED) is 0.753. The van der Waals surface area contributed by atoms with Crippen molar-refractivity contribution in [2.75, 3.05) is 6.54 Å². The Hall–Kier alpha value is -1.50. The zero-order valence-corrected chi connectivity index (χ0v) is 13.5. The van der Waals surface area contributed by atoms with Crippen LogP contribution >= 0.6 is 0 Å². The van der Waals surface area contributed by atoms with Crippen molar-refractivity contribution in [3.63, 3.8) is 0 Å². The molecule has 2 rings (SSSR count). The lowest BCUT2D eigenvalue weighted by atomic mass is 9.82. The number of ketones is 1. The van der Waals surface area contributed by atoms with Gasteiger partial charge in [0.05, 0.1) is 6.04 Å². The summed E-state index contributed by atoms with van der Waals surface area (Å²) in [5, 5.41) is 4.15. The molecule has 0 spiro atoms. The zero-order valence-electron chi connectivity index (χ0n) is 13.5. The second-order valence-corrected chi connectivity index (χ2v) is 6.98. The van der Waals surface area contributed by atoms with E-state index in [4.69, 9.17) is 4.84 Å². The van der Waals surface area contributed by atoms with Gasteiger partial charge in [-0.15, -0.1) is 5.06 Å². The van der Waals surface area contributed by atoms with Crippen LogP contribution in [0.1, 0.15) is 40.5 Å². The van der Waals surface area contributed by atoms with Crippen LogP contribution in [0.3, 0.4) is 0 Å². The van der Waals surface area contributed by atoms with Gasteiger partial charge in [0.25, 0.3) is 0 Å². The molecule has 6 nitrogen and oxygen atoms in total. The lowest BCUT2D eigenvalue weighted by Gasteiger charge is -2.37. The number of amides is 1. The van der Waals surface area contributed by atoms with E-state index in [-0.39, 0.29) is 24.8 Å². The summed E-state index contributed by atoms with van der Waals surface area (Å²) in [5.41, 5.74) is -0.428. The van der Waals surface area contributed by atoms with E-state index in [0.717, 1.165) is 0 Å². The summed E-state index contributed by atoms with van der Waals surface area (Å²) >= 11 is 0. The molecule has 1 amide bonds. The molecule has 1 saturated heterocycles. The van der Waals surface area contributed by atoms with Crippen LogP contribution in [-0.4, -0.2) is 47.6 Å². The van der Waals surface area contributed by atoms with E-state index >= 15 is 0 Å². The first-order valence-electron chi connectivity index (χ1n) is 7.64. The SMILES string of the molecule is CC1C(=O)CCN(OC(=O)NC(C)(C)C)C2CC=NC(F)C12. The fraction of sp³-hybridized carbons (Fsp3) is 0.800. The molecule has 22 heavy (non-hydrogen) atoms. The average molecular weight is 313 g/mol. The van der Waals surface area contributed by atoms with Crippen molar-refractivity contribution in [2.24, 2.45) is 16.8 Å². The largest absolute Gasteiger partial charge is 0.426 e. The predicted octanol–water partition coefficient (Wildman–Crippen LogP) is 2.09. The molecule has 2 aliphatic heterocycles. The maximum absolute atomic E-state index is 14.2. The number of hydrogen-bond acceptors (Lipinski definition) is 5. The molecule has 1 fully saturated rings. The highest BCUT2D eigenvalue weighted by Crippen LogP contribution is 2.34. The number of hydrogen-bond donors (Lipinski definition) is 1. The fourth-order valence-electron chi connectivity index (χ4n) is 2.97. The first-order valence-corrected chi connectivity index (χ1v) is 7.64. The number of rotatable bonds is 1. The number of nitrogens with one attached hydrogen (secondary N) is 1. The molecule has 0 aliphatic carbocycles. The van der Waals surface area contributed by atoms with Crippen molar-refractivity contribution in [2.45, 2.75) is 58.4 Å². The molecule has 124 valence electrons. The second kappa shape index (κ2) is 6.32. The van der Waals surface area contributed by atoms with E-state index < -0.39 is 29.8 Å². The highest BCUT2D eigenvalue weighted by Gasteiger charge is 2.45. The Kier molecular flexibility index (Phi) is 4.84. The van der Waals surface area contributed by atoms with Crippen molar-refractivity contribution in [1.29, 1.82) is 0 Å². The summed E-state index contributed by atoms with van der Waals surface area (Å²) < 4.78 is 14.2. The van der Waals surface area contributed by atoms with E-state index in [1.54, 1.807) is 6.92 Å². The number of carbonyl (C=O) groups excluding carboxylic acids is 2. The number of nitrogens with zero attached hydrogens (tertiary/aromatic N) is 2. The lowest BCUT2D eigenvalue weighted by molar-refractivity contribution is -0.149. The van der Waals surface area contributed by atoms with Crippen LogP contribution in [0.4, 0.5) is 9.18 Å². The Morgan fingerprint density at radius 2 is 2.18 bits per heavy atom. The minimum absolute atomic E-state index is 0.0166. The third-order valence-electron chi connectivity index (χ3n) is 4.07. The third kappa shape index (κ3) is 3.82. The standard InChI is InChI=1S/C15H24FN3O3/c1-9-11(20)6-8-19(22-14(21)18-15(2,3)4)10-5-7-17-13(16)12(9)10/h7,9-10,12-13H,5-6,8H2,1-4H3,(H,18,21). The second-order valence-electron chi connectivity index (χ2n) is 6.98. The van der Waals surface area contributed by atoms with Crippen LogP contribution in [0.2, 0.25) is 0 Å². The van der Waals surface area contributed by atoms with Gasteiger partial charge in [-0.1, -0.05) is 6.92 Å². The van der Waals surface area contributed by atoms with E-state index in [1.807, 2.05) is 20.8 Å². The van der Waals surface area contributed by atoms with Gasteiger partial charge in [0, 0.05) is 43.0 Å². The molecule has 0 aromatic rings. The number of Topliss-reactive ketones (excluding diaryl/α,β-unsaturated/α-hetero) is 1. The Balaban J connectivity index is 2.15. The van der Waals surface area contributed by atoms with Gasteiger partial charge in [0.15, 0.2) is 6.30 Å². The highest BCUT2D eigenvalue weighted by atomic mass is 19.1. The highest BCUT2D eigenvalue weighted by molar-refractivity contribution is 5.82. The van der Waals surface area contributed by atoms with E-state index in [1.165, 1.54) is 11.3 Å². The van der Waals surface area contributed by atoms with Gasteiger partial charge in [0.1, 0.15) is 5.78 Å². The molecule has 0 radical (unpaired) electrons. The van der Waals surface area contributed by atoms with Crippen LogP contribution in [-0.2, 0) is 9.63 Å². The van der Waals surface area contributed by atoms with Gasteiger partial charge in [-0.25, -0.2) is 9.18 Å². The Morgan fingerprint density at radius 3 is 2.82 bits per heavy atom. The molecule has 2 aliphatic rings. The van der Waals surface area contributed by atoms with Crippen molar-refractivity contribution in [1.82, 2.24) is 10.4 Å². The summed E-state index contributed by atoms with van der Waals surface area (Å²) in [6.45, 7) is 7.54. The van der Waals surface area contributed by atoms with Gasteiger partial charge in [0.2, 0.25) is 0 Å². The first kappa shape index (κ1) is 16.9. The number of aliphatic imine (C=N–C) groups is 1. The molecule has 1 N–H and O–H groups in total. The number of hydroxylamine groups is 2. The van der Waals surface area contributed by atoms with Crippen LogP contribution < -0.4 is 5.32 Å². The molecule has 4 unspecified atom stereocenters. The molecule has 0 bridgehead atoms. The van der Waals surface area contributed by atoms with Crippen molar-refractivity contribution < 1.29 is 18.8 Å². The molecule has 4 atom stereocenters. The predicted molar refractivity (Wildman–Crippen MR) is 80.1 cm³/mol.